The molecule has 0 aliphatic heterocycles. The van der Waals surface area contributed by atoms with Crippen LogP contribution in [0.25, 0.3) is 0 Å². The second kappa shape index (κ2) is 3.95. The highest BCUT2D eigenvalue weighted by molar-refractivity contribution is 5.84. The minimum Gasteiger partial charge on any atom is -0.327 e. The number of fused-ring (bicyclic) bond motifs is 2. The van der Waals surface area contributed by atoms with E-state index in [1.54, 1.807) is 4.68 Å². The van der Waals surface area contributed by atoms with Crippen LogP contribution in [0.1, 0.15) is 25.0 Å². The standard InChI is InChI=1S/C13H19N3O/c1-16-5-4-10(15-16)7-11(17)12-8-2-3-9(6-8)13(12)14/h4-5,8-9,12-13H,2-3,6-7,14H2,1H3. The fourth-order valence-electron chi connectivity index (χ4n) is 3.67. The van der Waals surface area contributed by atoms with Crippen LogP contribution < -0.4 is 5.73 Å². The first-order valence-corrected chi connectivity index (χ1v) is 6.42. The van der Waals surface area contributed by atoms with Gasteiger partial charge >= 0.3 is 0 Å². The smallest absolute Gasteiger partial charge is 0.143 e. The Morgan fingerprint density at radius 2 is 2.29 bits per heavy atom. The van der Waals surface area contributed by atoms with Crippen molar-refractivity contribution in [1.29, 1.82) is 0 Å². The minimum absolute atomic E-state index is 0.0933. The van der Waals surface area contributed by atoms with E-state index in [1.165, 1.54) is 19.3 Å². The third-order valence-corrected chi connectivity index (χ3v) is 4.48. The van der Waals surface area contributed by atoms with E-state index in [1.807, 2.05) is 19.3 Å². The molecule has 92 valence electrons. The van der Waals surface area contributed by atoms with Crippen LogP contribution in [0.15, 0.2) is 12.3 Å². The molecular weight excluding hydrogens is 214 g/mol. The highest BCUT2D eigenvalue weighted by Gasteiger charge is 2.48. The molecule has 2 N–H and O–H groups in total. The van der Waals surface area contributed by atoms with Crippen LogP contribution in [0.4, 0.5) is 0 Å². The number of aryl methyl sites for hydroxylation is 1. The van der Waals surface area contributed by atoms with Gasteiger partial charge in [0.15, 0.2) is 0 Å². The Morgan fingerprint density at radius 3 is 2.88 bits per heavy atom. The SMILES string of the molecule is Cn1ccc(CC(=O)C2C3CCC(C3)C2N)n1. The maximum atomic E-state index is 12.3. The van der Waals surface area contributed by atoms with E-state index < -0.39 is 0 Å². The molecule has 0 aromatic carbocycles. The predicted molar refractivity (Wildman–Crippen MR) is 64.2 cm³/mol. The number of hydrogen-bond donors (Lipinski definition) is 1. The average Bonchev–Trinajstić information content (AvgIpc) is 2.94. The Bertz CT molecular complexity index is 438. The van der Waals surface area contributed by atoms with Crippen LogP contribution in [0.3, 0.4) is 0 Å². The summed E-state index contributed by atoms with van der Waals surface area (Å²) in [5.74, 6) is 1.53. The molecule has 2 aliphatic rings. The van der Waals surface area contributed by atoms with Gasteiger partial charge in [0.25, 0.3) is 0 Å². The molecule has 3 rings (SSSR count). The van der Waals surface area contributed by atoms with Crippen molar-refractivity contribution in [2.45, 2.75) is 31.7 Å². The Hall–Kier alpha value is -1.16. The van der Waals surface area contributed by atoms with E-state index in [2.05, 4.69) is 5.10 Å². The lowest BCUT2D eigenvalue weighted by atomic mass is 9.81. The van der Waals surface area contributed by atoms with Crippen LogP contribution in [0.2, 0.25) is 0 Å². The van der Waals surface area contributed by atoms with Crippen LogP contribution in [-0.4, -0.2) is 21.6 Å². The van der Waals surface area contributed by atoms with Crippen LogP contribution in [0, 0.1) is 17.8 Å². The average molecular weight is 233 g/mol. The normalized spacial score (nSPS) is 35.4. The second-order valence-corrected chi connectivity index (χ2v) is 5.56. The molecule has 0 amide bonds. The maximum absolute atomic E-state index is 12.3. The first-order chi connectivity index (χ1) is 8.15. The van der Waals surface area contributed by atoms with E-state index in [4.69, 9.17) is 5.73 Å². The van der Waals surface area contributed by atoms with Crippen molar-refractivity contribution in [3.8, 4) is 0 Å². The number of ketones is 1. The Labute approximate surface area is 101 Å². The van der Waals surface area contributed by atoms with Gasteiger partial charge in [-0.1, -0.05) is 0 Å². The molecule has 1 aromatic rings. The van der Waals surface area contributed by atoms with Crippen molar-refractivity contribution in [3.63, 3.8) is 0 Å². The van der Waals surface area contributed by atoms with Crippen molar-refractivity contribution in [2.24, 2.45) is 30.5 Å². The fourth-order valence-corrected chi connectivity index (χ4v) is 3.67. The highest BCUT2D eigenvalue weighted by atomic mass is 16.1. The van der Waals surface area contributed by atoms with Gasteiger partial charge in [0, 0.05) is 25.2 Å². The summed E-state index contributed by atoms with van der Waals surface area (Å²) in [7, 11) is 1.87. The molecule has 0 radical (unpaired) electrons. The van der Waals surface area contributed by atoms with Gasteiger partial charge < -0.3 is 5.73 Å². The van der Waals surface area contributed by atoms with E-state index in [9.17, 15) is 4.79 Å². The van der Waals surface area contributed by atoms with Gasteiger partial charge in [-0.3, -0.25) is 9.48 Å². The number of nitrogens with two attached hydrogens (primary N) is 1. The van der Waals surface area contributed by atoms with E-state index >= 15 is 0 Å². The van der Waals surface area contributed by atoms with Crippen molar-refractivity contribution in [2.75, 3.05) is 0 Å². The largest absolute Gasteiger partial charge is 0.327 e. The molecule has 4 unspecified atom stereocenters. The molecule has 2 fully saturated rings. The second-order valence-electron chi connectivity index (χ2n) is 5.56. The Balaban J connectivity index is 1.70. The van der Waals surface area contributed by atoms with Crippen molar-refractivity contribution < 1.29 is 4.79 Å². The summed E-state index contributed by atoms with van der Waals surface area (Å²) in [6.07, 6.45) is 5.90. The highest BCUT2D eigenvalue weighted by Crippen LogP contribution is 2.48. The van der Waals surface area contributed by atoms with Gasteiger partial charge in [-0.25, -0.2) is 0 Å². The van der Waals surface area contributed by atoms with Gasteiger partial charge in [-0.15, -0.1) is 0 Å². The molecule has 4 nitrogen and oxygen atoms in total. The summed E-state index contributed by atoms with van der Waals surface area (Å²) in [5, 5.41) is 4.26. The number of carbonyl (C=O) groups excluding carboxylic acids is 1. The summed E-state index contributed by atoms with van der Waals surface area (Å²) in [4.78, 5) is 12.3. The third kappa shape index (κ3) is 1.80. The number of carbonyl (C=O) groups is 1. The lowest BCUT2D eigenvalue weighted by Crippen LogP contribution is -2.40. The van der Waals surface area contributed by atoms with E-state index in [0.717, 1.165) is 5.69 Å². The zero-order valence-electron chi connectivity index (χ0n) is 10.2. The van der Waals surface area contributed by atoms with Crippen molar-refractivity contribution in [3.05, 3.63) is 18.0 Å². The van der Waals surface area contributed by atoms with Crippen LogP contribution in [0.5, 0.6) is 0 Å². The molecule has 4 atom stereocenters. The minimum atomic E-state index is 0.0933. The molecule has 0 spiro atoms. The molecule has 2 bridgehead atoms. The molecule has 0 saturated heterocycles. The number of aromatic nitrogens is 2. The molecule has 4 heteroatoms. The summed E-state index contributed by atoms with van der Waals surface area (Å²) in [6, 6.07) is 2.02. The zero-order valence-corrected chi connectivity index (χ0v) is 10.2. The van der Waals surface area contributed by atoms with Crippen LogP contribution in [-0.2, 0) is 18.3 Å². The zero-order chi connectivity index (χ0) is 12.0. The Morgan fingerprint density at radius 1 is 1.53 bits per heavy atom. The summed E-state index contributed by atoms with van der Waals surface area (Å²) < 4.78 is 1.74. The van der Waals surface area contributed by atoms with E-state index in [0.29, 0.717) is 24.0 Å². The number of Topliss-reactive ketones (excluding diaryl/α,β-unsaturated/α-hetero) is 1. The van der Waals surface area contributed by atoms with Gasteiger partial charge in [-0.2, -0.15) is 5.10 Å². The van der Waals surface area contributed by atoms with Gasteiger partial charge in [0.2, 0.25) is 0 Å². The summed E-state index contributed by atoms with van der Waals surface area (Å²) in [5.41, 5.74) is 7.05. The number of rotatable bonds is 3. The van der Waals surface area contributed by atoms with Crippen molar-refractivity contribution in [1.82, 2.24) is 9.78 Å². The lowest BCUT2D eigenvalue weighted by Gasteiger charge is -2.26. The molecule has 1 aromatic heterocycles. The first kappa shape index (κ1) is 11.0. The molecule has 17 heavy (non-hydrogen) atoms. The number of nitrogens with zero attached hydrogens (tertiary/aromatic N) is 2. The Kier molecular flexibility index (Phi) is 2.54. The topological polar surface area (TPSA) is 60.9 Å². The molecular formula is C13H19N3O. The monoisotopic (exact) mass is 233 g/mol. The molecule has 1 heterocycles. The molecule has 2 aliphatic carbocycles. The van der Waals surface area contributed by atoms with Gasteiger partial charge in [-0.05, 0) is 37.2 Å². The number of hydrogen-bond acceptors (Lipinski definition) is 3. The van der Waals surface area contributed by atoms with Gasteiger partial charge in [0.05, 0.1) is 12.1 Å². The summed E-state index contributed by atoms with van der Waals surface area (Å²) in [6.45, 7) is 0. The van der Waals surface area contributed by atoms with E-state index in [-0.39, 0.29) is 12.0 Å². The first-order valence-electron chi connectivity index (χ1n) is 6.42. The molecule has 2 saturated carbocycles. The fraction of sp³-hybridized carbons (Fsp3) is 0.692. The van der Waals surface area contributed by atoms with Crippen molar-refractivity contribution >= 4 is 5.78 Å². The quantitative estimate of drug-likeness (QED) is 0.844. The van der Waals surface area contributed by atoms with Gasteiger partial charge in [0.1, 0.15) is 5.78 Å². The maximum Gasteiger partial charge on any atom is 0.143 e. The predicted octanol–water partition coefficient (Wildman–Crippen LogP) is 0.905. The lowest BCUT2D eigenvalue weighted by molar-refractivity contribution is -0.124. The summed E-state index contributed by atoms with van der Waals surface area (Å²) >= 11 is 0. The third-order valence-electron chi connectivity index (χ3n) is 4.48. The van der Waals surface area contributed by atoms with Crippen LogP contribution >= 0.6 is 0 Å².